The largest absolute Gasteiger partial charge is 0.478 e. The third kappa shape index (κ3) is 4.69. The highest BCUT2D eigenvalue weighted by atomic mass is 16.5. The van der Waals surface area contributed by atoms with Gasteiger partial charge in [-0.05, 0) is 18.2 Å². The Kier molecular flexibility index (Phi) is 5.98. The van der Waals surface area contributed by atoms with Gasteiger partial charge in [0.05, 0.1) is 18.3 Å². The van der Waals surface area contributed by atoms with Gasteiger partial charge in [0, 0.05) is 26.3 Å². The van der Waals surface area contributed by atoms with Gasteiger partial charge in [0.25, 0.3) is 5.91 Å². The lowest BCUT2D eigenvalue weighted by atomic mass is 10.1. The lowest BCUT2D eigenvalue weighted by Crippen LogP contribution is -2.35. The zero-order chi connectivity index (χ0) is 14.3. The third-order valence-corrected chi connectivity index (χ3v) is 2.55. The average molecular weight is 267 g/mol. The molecule has 0 radical (unpaired) electrons. The Morgan fingerprint density at radius 3 is 2.58 bits per heavy atom. The van der Waals surface area contributed by atoms with Crippen molar-refractivity contribution in [2.75, 3.05) is 27.4 Å². The highest BCUT2D eigenvalue weighted by Gasteiger charge is 2.12. The molecule has 0 saturated carbocycles. The van der Waals surface area contributed by atoms with Crippen molar-refractivity contribution in [3.63, 3.8) is 0 Å². The van der Waals surface area contributed by atoms with Crippen molar-refractivity contribution < 1.29 is 24.2 Å². The summed E-state index contributed by atoms with van der Waals surface area (Å²) in [5.74, 6) is -1.41. The van der Waals surface area contributed by atoms with E-state index in [1.807, 2.05) is 0 Å². The molecule has 0 bridgehead atoms. The van der Waals surface area contributed by atoms with Gasteiger partial charge in [-0.15, -0.1) is 0 Å². The molecule has 0 spiro atoms. The minimum Gasteiger partial charge on any atom is -0.478 e. The molecule has 1 atom stereocenters. The Bertz CT molecular complexity index is 446. The summed E-state index contributed by atoms with van der Waals surface area (Å²) >= 11 is 0. The molecule has 0 aromatic heterocycles. The number of benzene rings is 1. The first kappa shape index (κ1) is 15.1. The molecule has 104 valence electrons. The van der Waals surface area contributed by atoms with Gasteiger partial charge in [0.1, 0.15) is 0 Å². The van der Waals surface area contributed by atoms with Crippen molar-refractivity contribution in [3.8, 4) is 0 Å². The number of ether oxygens (including phenoxy) is 2. The Morgan fingerprint density at radius 2 is 2.00 bits per heavy atom. The predicted octanol–water partition coefficient (Wildman–Crippen LogP) is 0.776. The highest BCUT2D eigenvalue weighted by molar-refractivity contribution is 5.97. The average Bonchev–Trinajstić information content (AvgIpc) is 2.43. The van der Waals surface area contributed by atoms with E-state index in [9.17, 15) is 9.59 Å². The third-order valence-electron chi connectivity index (χ3n) is 2.55. The Morgan fingerprint density at radius 1 is 1.32 bits per heavy atom. The zero-order valence-corrected chi connectivity index (χ0v) is 10.9. The molecule has 0 saturated heterocycles. The van der Waals surface area contributed by atoms with Crippen LogP contribution in [0.15, 0.2) is 24.3 Å². The summed E-state index contributed by atoms with van der Waals surface area (Å²) in [6.45, 7) is 0.659. The number of hydrogen-bond acceptors (Lipinski definition) is 4. The van der Waals surface area contributed by atoms with Crippen LogP contribution < -0.4 is 5.32 Å². The van der Waals surface area contributed by atoms with Crippen molar-refractivity contribution in [2.24, 2.45) is 0 Å². The second kappa shape index (κ2) is 7.50. The standard InChI is InChI=1S/C13H17NO5/c1-18-8-11(19-2)7-14-12(15)9-4-3-5-10(6-9)13(16)17/h3-6,11H,7-8H2,1-2H3,(H,14,15)(H,16,17). The second-order valence-corrected chi connectivity index (χ2v) is 3.91. The molecule has 1 aromatic carbocycles. The topological polar surface area (TPSA) is 84.9 Å². The van der Waals surface area contributed by atoms with Crippen LogP contribution in [0.3, 0.4) is 0 Å². The Labute approximate surface area is 111 Å². The summed E-state index contributed by atoms with van der Waals surface area (Å²) in [4.78, 5) is 22.6. The van der Waals surface area contributed by atoms with E-state index in [-0.39, 0.29) is 17.6 Å². The van der Waals surface area contributed by atoms with Crippen LogP contribution in [0.1, 0.15) is 20.7 Å². The first-order valence-corrected chi connectivity index (χ1v) is 5.71. The predicted molar refractivity (Wildman–Crippen MR) is 68.4 cm³/mol. The molecule has 1 amide bonds. The summed E-state index contributed by atoms with van der Waals surface area (Å²) in [6, 6.07) is 5.85. The molecule has 1 unspecified atom stereocenters. The van der Waals surface area contributed by atoms with E-state index in [1.165, 1.54) is 25.3 Å². The van der Waals surface area contributed by atoms with Crippen LogP contribution in [-0.2, 0) is 9.47 Å². The number of methoxy groups -OCH3 is 2. The lowest BCUT2D eigenvalue weighted by molar-refractivity contribution is 0.0285. The number of hydrogen-bond donors (Lipinski definition) is 2. The van der Waals surface area contributed by atoms with Crippen LogP contribution in [0.25, 0.3) is 0 Å². The molecule has 0 heterocycles. The molecular weight excluding hydrogens is 250 g/mol. The molecule has 19 heavy (non-hydrogen) atoms. The van der Waals surface area contributed by atoms with Gasteiger partial charge < -0.3 is 19.9 Å². The fourth-order valence-electron chi connectivity index (χ4n) is 1.50. The van der Waals surface area contributed by atoms with Crippen LogP contribution in [0.5, 0.6) is 0 Å². The second-order valence-electron chi connectivity index (χ2n) is 3.91. The molecule has 2 N–H and O–H groups in total. The first-order valence-electron chi connectivity index (χ1n) is 5.71. The van der Waals surface area contributed by atoms with E-state index >= 15 is 0 Å². The van der Waals surface area contributed by atoms with E-state index in [1.54, 1.807) is 13.2 Å². The van der Waals surface area contributed by atoms with Gasteiger partial charge in [-0.1, -0.05) is 6.07 Å². The van der Waals surface area contributed by atoms with Gasteiger partial charge in [-0.25, -0.2) is 4.79 Å². The van der Waals surface area contributed by atoms with Crippen molar-refractivity contribution in [2.45, 2.75) is 6.10 Å². The summed E-state index contributed by atoms with van der Waals surface area (Å²) in [5, 5.41) is 11.5. The van der Waals surface area contributed by atoms with Crippen LogP contribution in [0.4, 0.5) is 0 Å². The first-order chi connectivity index (χ1) is 9.08. The van der Waals surface area contributed by atoms with Crippen molar-refractivity contribution in [1.82, 2.24) is 5.32 Å². The maximum atomic E-state index is 11.8. The van der Waals surface area contributed by atoms with E-state index in [4.69, 9.17) is 14.6 Å². The number of carboxylic acid groups (broad SMARTS) is 1. The fourth-order valence-corrected chi connectivity index (χ4v) is 1.50. The summed E-state index contributed by atoms with van der Waals surface area (Å²) in [6.07, 6.45) is -0.239. The normalized spacial score (nSPS) is 11.9. The number of nitrogens with one attached hydrogen (secondary N) is 1. The minimum atomic E-state index is -1.07. The SMILES string of the molecule is COCC(CNC(=O)c1cccc(C(=O)O)c1)OC. The maximum absolute atomic E-state index is 11.8. The monoisotopic (exact) mass is 267 g/mol. The number of carboxylic acids is 1. The molecular formula is C13H17NO5. The van der Waals surface area contributed by atoms with E-state index < -0.39 is 5.97 Å². The van der Waals surface area contributed by atoms with Gasteiger partial charge in [0.2, 0.25) is 0 Å². The van der Waals surface area contributed by atoms with E-state index in [2.05, 4.69) is 5.32 Å². The van der Waals surface area contributed by atoms with Gasteiger partial charge in [0.15, 0.2) is 0 Å². The van der Waals surface area contributed by atoms with E-state index in [0.717, 1.165) is 0 Å². The molecule has 0 fully saturated rings. The highest BCUT2D eigenvalue weighted by Crippen LogP contribution is 2.05. The molecule has 1 aromatic rings. The van der Waals surface area contributed by atoms with Gasteiger partial charge in [-0.2, -0.15) is 0 Å². The van der Waals surface area contributed by atoms with Crippen LogP contribution in [0, 0.1) is 0 Å². The number of carbonyl (C=O) groups excluding carboxylic acids is 1. The van der Waals surface area contributed by atoms with Crippen molar-refractivity contribution in [3.05, 3.63) is 35.4 Å². The van der Waals surface area contributed by atoms with Crippen LogP contribution in [0.2, 0.25) is 0 Å². The van der Waals surface area contributed by atoms with Gasteiger partial charge >= 0.3 is 5.97 Å². The van der Waals surface area contributed by atoms with Gasteiger partial charge in [-0.3, -0.25) is 4.79 Å². The van der Waals surface area contributed by atoms with Crippen LogP contribution in [-0.4, -0.2) is 50.5 Å². The lowest BCUT2D eigenvalue weighted by Gasteiger charge is -2.15. The zero-order valence-electron chi connectivity index (χ0n) is 10.9. The molecule has 6 nitrogen and oxygen atoms in total. The molecule has 6 heteroatoms. The summed E-state index contributed by atoms with van der Waals surface area (Å²) in [5.41, 5.74) is 0.375. The molecule has 0 aliphatic carbocycles. The minimum absolute atomic E-state index is 0.0767. The Hall–Kier alpha value is -1.92. The number of carbonyl (C=O) groups is 2. The van der Waals surface area contributed by atoms with Crippen molar-refractivity contribution >= 4 is 11.9 Å². The van der Waals surface area contributed by atoms with E-state index in [0.29, 0.717) is 18.7 Å². The summed E-state index contributed by atoms with van der Waals surface area (Å²) < 4.78 is 10.0. The smallest absolute Gasteiger partial charge is 0.335 e. The number of rotatable bonds is 7. The van der Waals surface area contributed by atoms with Crippen LogP contribution >= 0.6 is 0 Å². The quantitative estimate of drug-likeness (QED) is 0.762. The molecule has 0 aliphatic rings. The molecule has 1 rings (SSSR count). The Balaban J connectivity index is 2.62. The summed E-state index contributed by atoms with van der Waals surface area (Å²) in [7, 11) is 3.07. The number of amides is 1. The molecule has 0 aliphatic heterocycles. The number of aromatic carboxylic acids is 1. The fraction of sp³-hybridized carbons (Fsp3) is 0.385. The van der Waals surface area contributed by atoms with Crippen molar-refractivity contribution in [1.29, 1.82) is 0 Å². The maximum Gasteiger partial charge on any atom is 0.335 e.